The van der Waals surface area contributed by atoms with Crippen LogP contribution in [0.5, 0.6) is 0 Å². The third kappa shape index (κ3) is 3.04. The number of hydrogen-bond donors (Lipinski definition) is 1. The number of carbonyl (C=O) groups is 1. The number of piperidine rings is 1. The number of hydrogen-bond acceptors (Lipinski definition) is 3. The maximum atomic E-state index is 12.4. The first-order valence-corrected chi connectivity index (χ1v) is 9.63. The number of anilines is 2. The van der Waals surface area contributed by atoms with Crippen molar-refractivity contribution in [3.8, 4) is 0 Å². The Bertz CT molecular complexity index is 609. The highest BCUT2D eigenvalue weighted by molar-refractivity contribution is 6.03. The van der Waals surface area contributed by atoms with Crippen molar-refractivity contribution >= 4 is 17.3 Å². The van der Waals surface area contributed by atoms with Crippen molar-refractivity contribution in [2.45, 2.75) is 70.0 Å². The molecule has 4 heteroatoms. The van der Waals surface area contributed by atoms with Crippen molar-refractivity contribution in [1.29, 1.82) is 0 Å². The molecule has 1 saturated carbocycles. The highest BCUT2D eigenvalue weighted by Crippen LogP contribution is 2.36. The molecule has 0 bridgehead atoms. The fourth-order valence-corrected chi connectivity index (χ4v) is 4.68. The van der Waals surface area contributed by atoms with E-state index < -0.39 is 0 Å². The van der Waals surface area contributed by atoms with Crippen LogP contribution in [-0.2, 0) is 11.3 Å². The Morgan fingerprint density at radius 3 is 2.75 bits per heavy atom. The molecule has 2 fully saturated rings. The maximum absolute atomic E-state index is 12.4. The number of rotatable bonds is 3. The molecule has 0 aromatic heterocycles. The largest absolute Gasteiger partial charge is 0.358 e. The van der Waals surface area contributed by atoms with Gasteiger partial charge in [0.15, 0.2) is 0 Å². The van der Waals surface area contributed by atoms with Gasteiger partial charge in [-0.05, 0) is 56.8 Å². The monoisotopic (exact) mass is 327 g/mol. The van der Waals surface area contributed by atoms with E-state index in [4.69, 9.17) is 0 Å². The van der Waals surface area contributed by atoms with Gasteiger partial charge < -0.3 is 10.2 Å². The van der Waals surface area contributed by atoms with E-state index in [0.717, 1.165) is 37.7 Å². The lowest BCUT2D eigenvalue weighted by Gasteiger charge is -2.41. The van der Waals surface area contributed by atoms with Gasteiger partial charge in [0, 0.05) is 19.1 Å². The Balaban J connectivity index is 1.51. The van der Waals surface area contributed by atoms with E-state index in [0.29, 0.717) is 0 Å². The molecule has 1 N–H and O–H groups in total. The average molecular weight is 327 g/mol. The topological polar surface area (TPSA) is 35.6 Å². The molecule has 1 amide bonds. The van der Waals surface area contributed by atoms with E-state index >= 15 is 0 Å². The van der Waals surface area contributed by atoms with Crippen LogP contribution in [0.4, 0.5) is 11.4 Å². The third-order valence-electron chi connectivity index (χ3n) is 6.06. The Hall–Kier alpha value is -1.55. The molecule has 24 heavy (non-hydrogen) atoms. The minimum absolute atomic E-state index is 0.0435. The lowest BCUT2D eigenvalue weighted by molar-refractivity contribution is -0.118. The molecule has 130 valence electrons. The Morgan fingerprint density at radius 2 is 1.92 bits per heavy atom. The summed E-state index contributed by atoms with van der Waals surface area (Å²) < 4.78 is 0. The lowest BCUT2D eigenvalue weighted by atomic mass is 9.94. The van der Waals surface area contributed by atoms with E-state index in [2.05, 4.69) is 40.4 Å². The van der Waals surface area contributed by atoms with Crippen molar-refractivity contribution in [3.05, 3.63) is 23.8 Å². The van der Waals surface area contributed by atoms with Crippen LogP contribution in [0, 0.1) is 0 Å². The summed E-state index contributed by atoms with van der Waals surface area (Å²) in [5.41, 5.74) is 3.52. The molecule has 4 rings (SSSR count). The molecule has 2 aliphatic heterocycles. The van der Waals surface area contributed by atoms with Crippen molar-refractivity contribution in [2.75, 3.05) is 23.8 Å². The highest BCUT2D eigenvalue weighted by atomic mass is 16.2. The number of nitrogens with one attached hydrogen (secondary N) is 1. The summed E-state index contributed by atoms with van der Waals surface area (Å²) in [6, 6.07) is 7.42. The number of amides is 1. The third-order valence-corrected chi connectivity index (χ3v) is 6.06. The molecule has 0 radical (unpaired) electrons. The summed E-state index contributed by atoms with van der Waals surface area (Å²) in [7, 11) is 2.24. The van der Waals surface area contributed by atoms with Gasteiger partial charge >= 0.3 is 0 Å². The molecule has 1 atom stereocenters. The fraction of sp³-hybridized carbons (Fsp3) is 0.650. The van der Waals surface area contributed by atoms with Crippen LogP contribution in [-0.4, -0.2) is 36.5 Å². The van der Waals surface area contributed by atoms with Gasteiger partial charge in [-0.25, -0.2) is 0 Å². The molecule has 1 saturated heterocycles. The van der Waals surface area contributed by atoms with Crippen LogP contribution in [0.1, 0.15) is 56.9 Å². The van der Waals surface area contributed by atoms with E-state index in [9.17, 15) is 4.79 Å². The van der Waals surface area contributed by atoms with Crippen molar-refractivity contribution < 1.29 is 4.79 Å². The predicted octanol–water partition coefficient (Wildman–Crippen LogP) is 3.76. The van der Waals surface area contributed by atoms with Crippen molar-refractivity contribution in [2.24, 2.45) is 0 Å². The maximum Gasteiger partial charge on any atom is 0.247 e. The van der Waals surface area contributed by atoms with Gasteiger partial charge in [-0.3, -0.25) is 9.69 Å². The fourth-order valence-electron chi connectivity index (χ4n) is 4.68. The molecule has 1 unspecified atom stereocenters. The van der Waals surface area contributed by atoms with Crippen molar-refractivity contribution in [3.63, 3.8) is 0 Å². The normalized spacial score (nSPS) is 24.5. The quantitative estimate of drug-likeness (QED) is 0.918. The van der Waals surface area contributed by atoms with Gasteiger partial charge in [0.05, 0.1) is 11.4 Å². The van der Waals surface area contributed by atoms with E-state index in [1.807, 2.05) is 0 Å². The van der Waals surface area contributed by atoms with E-state index in [-0.39, 0.29) is 11.9 Å². The van der Waals surface area contributed by atoms with Crippen LogP contribution in [0.3, 0.4) is 0 Å². The number of fused-ring (bicyclic) bond motifs is 3. The van der Waals surface area contributed by atoms with Gasteiger partial charge in [0.25, 0.3) is 0 Å². The van der Waals surface area contributed by atoms with Gasteiger partial charge in [-0.15, -0.1) is 0 Å². The zero-order chi connectivity index (χ0) is 16.5. The lowest BCUT2D eigenvalue weighted by Crippen LogP contribution is -2.50. The van der Waals surface area contributed by atoms with Crippen LogP contribution in [0.25, 0.3) is 0 Å². The van der Waals surface area contributed by atoms with Crippen molar-refractivity contribution in [1.82, 2.24) is 4.90 Å². The zero-order valence-corrected chi connectivity index (χ0v) is 14.8. The zero-order valence-electron chi connectivity index (χ0n) is 14.8. The van der Waals surface area contributed by atoms with Crippen LogP contribution >= 0.6 is 0 Å². The first-order chi connectivity index (χ1) is 11.7. The summed E-state index contributed by atoms with van der Waals surface area (Å²) >= 11 is 0. The summed E-state index contributed by atoms with van der Waals surface area (Å²) in [6.07, 6.45) is 10.1. The second-order valence-electron chi connectivity index (χ2n) is 7.75. The number of carbonyl (C=O) groups excluding carboxylic acids is 1. The van der Waals surface area contributed by atoms with Crippen LogP contribution in [0.2, 0.25) is 0 Å². The Labute approximate surface area is 145 Å². The minimum atomic E-state index is 0.0435. The second kappa shape index (κ2) is 6.75. The van der Waals surface area contributed by atoms with E-state index in [1.54, 1.807) is 0 Å². The molecule has 0 spiro atoms. The van der Waals surface area contributed by atoms with Crippen LogP contribution < -0.4 is 10.2 Å². The summed E-state index contributed by atoms with van der Waals surface area (Å²) in [6.45, 7) is 1.98. The number of nitrogens with zero attached hydrogens (tertiary/aromatic N) is 2. The number of benzene rings is 1. The molecular formula is C20H29N3O. The Kier molecular flexibility index (Phi) is 4.49. The molecule has 2 heterocycles. The summed E-state index contributed by atoms with van der Waals surface area (Å²) in [5, 5.41) is 3.15. The van der Waals surface area contributed by atoms with Gasteiger partial charge in [-0.1, -0.05) is 25.3 Å². The standard InChI is InChI=1S/C20H29N3O/c1-22(16-7-3-2-4-8-16)14-15-10-11-18-17(13-15)21-20(24)19-9-5-6-12-23(18)19/h10-11,13,16,19H,2-9,12,14H2,1H3,(H,21,24). The molecule has 4 nitrogen and oxygen atoms in total. The molecule has 1 aliphatic carbocycles. The first kappa shape index (κ1) is 15.9. The average Bonchev–Trinajstić information content (AvgIpc) is 2.62. The highest BCUT2D eigenvalue weighted by Gasteiger charge is 2.34. The Morgan fingerprint density at radius 1 is 1.12 bits per heavy atom. The minimum Gasteiger partial charge on any atom is -0.358 e. The molecule has 3 aliphatic rings. The van der Waals surface area contributed by atoms with E-state index in [1.165, 1.54) is 49.8 Å². The summed E-state index contributed by atoms with van der Waals surface area (Å²) in [5.74, 6) is 0.181. The predicted molar refractivity (Wildman–Crippen MR) is 98.4 cm³/mol. The first-order valence-electron chi connectivity index (χ1n) is 9.63. The SMILES string of the molecule is CN(Cc1ccc2c(c1)NC(=O)C1CCCCN21)C1CCCCC1. The smallest absolute Gasteiger partial charge is 0.247 e. The molecular weight excluding hydrogens is 298 g/mol. The second-order valence-corrected chi connectivity index (χ2v) is 7.75. The summed E-state index contributed by atoms with van der Waals surface area (Å²) in [4.78, 5) is 17.2. The van der Waals surface area contributed by atoms with Gasteiger partial charge in [-0.2, -0.15) is 0 Å². The molecule has 1 aromatic rings. The van der Waals surface area contributed by atoms with Gasteiger partial charge in [0.1, 0.15) is 6.04 Å². The molecule has 1 aromatic carbocycles. The van der Waals surface area contributed by atoms with Gasteiger partial charge in [0.2, 0.25) is 5.91 Å². The van der Waals surface area contributed by atoms with Crippen LogP contribution in [0.15, 0.2) is 18.2 Å².